The third-order valence-corrected chi connectivity index (χ3v) is 2.98. The largest absolute Gasteiger partial charge is 0.443 e. The number of carbonyl (C=O) groups excluding carboxylic acids is 1. The number of carbonyl (C=O) groups is 1. The maximum absolute atomic E-state index is 11.1. The average Bonchev–Trinajstić information content (AvgIpc) is 2.11. The molecular formula is C13H26N4O2. The molecule has 0 radical (unpaired) electrons. The third-order valence-electron chi connectivity index (χ3n) is 2.98. The zero-order valence-electron chi connectivity index (χ0n) is 12.2. The first kappa shape index (κ1) is 15.9. The van der Waals surface area contributed by atoms with Gasteiger partial charge in [0.2, 0.25) is 0 Å². The van der Waals surface area contributed by atoms with Crippen molar-refractivity contribution in [3.63, 3.8) is 0 Å². The third kappa shape index (κ3) is 7.12. The van der Waals surface area contributed by atoms with Gasteiger partial charge in [-0.25, -0.2) is 10.2 Å². The molecule has 2 rings (SSSR count). The Morgan fingerprint density at radius 3 is 2.21 bits per heavy atom. The molecule has 6 heteroatoms. The minimum atomic E-state index is -0.480. The van der Waals surface area contributed by atoms with Crippen molar-refractivity contribution in [2.24, 2.45) is 10.9 Å². The Morgan fingerprint density at radius 1 is 1.32 bits per heavy atom. The van der Waals surface area contributed by atoms with E-state index in [1.807, 2.05) is 20.8 Å². The van der Waals surface area contributed by atoms with Gasteiger partial charge in [0.1, 0.15) is 5.60 Å². The number of hydrogen-bond donors (Lipinski definition) is 3. The Bertz CT molecular complexity index is 310. The van der Waals surface area contributed by atoms with Crippen LogP contribution in [0.4, 0.5) is 4.79 Å². The van der Waals surface area contributed by atoms with Gasteiger partial charge in [0.15, 0.2) is 0 Å². The summed E-state index contributed by atoms with van der Waals surface area (Å²) in [6, 6.07) is 0.644. The molecule has 0 aromatic carbocycles. The number of ether oxygens (including phenoxy) is 1. The number of rotatable bonds is 2. The van der Waals surface area contributed by atoms with Crippen molar-refractivity contribution >= 4 is 11.8 Å². The summed E-state index contributed by atoms with van der Waals surface area (Å²) in [7, 11) is 0. The van der Waals surface area contributed by atoms with Crippen LogP contribution in [0.3, 0.4) is 0 Å². The molecule has 1 amide bonds. The van der Waals surface area contributed by atoms with Crippen molar-refractivity contribution in [2.75, 3.05) is 0 Å². The Labute approximate surface area is 115 Å². The summed E-state index contributed by atoms with van der Waals surface area (Å²) >= 11 is 0. The molecule has 0 unspecified atom stereocenters. The molecule has 2 saturated carbocycles. The zero-order valence-corrected chi connectivity index (χ0v) is 12.2. The van der Waals surface area contributed by atoms with Gasteiger partial charge in [-0.1, -0.05) is 6.42 Å². The SMILES string of the molecule is CC(C)(C)OC(=O)NN=C1CCC1.NNC1CCC1. The van der Waals surface area contributed by atoms with Gasteiger partial charge < -0.3 is 4.74 Å². The van der Waals surface area contributed by atoms with E-state index in [1.165, 1.54) is 25.7 Å². The molecule has 0 bridgehead atoms. The second-order valence-corrected chi connectivity index (χ2v) is 5.94. The molecule has 0 heterocycles. The zero-order chi connectivity index (χ0) is 14.3. The lowest BCUT2D eigenvalue weighted by Crippen LogP contribution is -2.39. The van der Waals surface area contributed by atoms with E-state index in [4.69, 9.17) is 10.6 Å². The first-order chi connectivity index (χ1) is 8.90. The maximum Gasteiger partial charge on any atom is 0.428 e. The minimum Gasteiger partial charge on any atom is -0.443 e. The summed E-state index contributed by atoms with van der Waals surface area (Å²) in [5.41, 5.74) is 5.66. The second-order valence-electron chi connectivity index (χ2n) is 5.94. The van der Waals surface area contributed by atoms with Crippen LogP contribution >= 0.6 is 0 Å². The lowest BCUT2D eigenvalue weighted by Gasteiger charge is -2.23. The minimum absolute atomic E-state index is 0.454. The molecule has 0 aromatic heterocycles. The van der Waals surface area contributed by atoms with Crippen LogP contribution < -0.4 is 16.7 Å². The fraction of sp³-hybridized carbons (Fsp3) is 0.846. The molecule has 2 aliphatic rings. The number of nitrogens with zero attached hydrogens (tertiary/aromatic N) is 1. The Kier molecular flexibility index (Phi) is 6.24. The van der Waals surface area contributed by atoms with E-state index < -0.39 is 11.7 Å². The molecule has 0 aromatic rings. The topological polar surface area (TPSA) is 88.7 Å². The molecule has 19 heavy (non-hydrogen) atoms. The Balaban J connectivity index is 0.000000250. The predicted octanol–water partition coefficient (Wildman–Crippen LogP) is 2.05. The van der Waals surface area contributed by atoms with E-state index in [1.54, 1.807) is 0 Å². The summed E-state index contributed by atoms with van der Waals surface area (Å²) in [5, 5.41) is 3.91. The highest BCUT2D eigenvalue weighted by Gasteiger charge is 2.16. The van der Waals surface area contributed by atoms with Crippen LogP contribution in [0.1, 0.15) is 59.3 Å². The lowest BCUT2D eigenvalue weighted by atomic mass is 9.94. The van der Waals surface area contributed by atoms with E-state index in [0.717, 1.165) is 18.6 Å². The molecule has 2 fully saturated rings. The van der Waals surface area contributed by atoms with Crippen molar-refractivity contribution in [1.29, 1.82) is 0 Å². The monoisotopic (exact) mass is 270 g/mol. The van der Waals surface area contributed by atoms with Crippen molar-refractivity contribution in [3.8, 4) is 0 Å². The molecule has 2 aliphatic carbocycles. The highest BCUT2D eigenvalue weighted by molar-refractivity contribution is 5.89. The van der Waals surface area contributed by atoms with Gasteiger partial charge in [0.25, 0.3) is 0 Å². The quantitative estimate of drug-likeness (QED) is 0.529. The molecule has 4 N–H and O–H groups in total. The van der Waals surface area contributed by atoms with Crippen molar-refractivity contribution in [3.05, 3.63) is 0 Å². The van der Waals surface area contributed by atoms with Gasteiger partial charge in [0, 0.05) is 11.8 Å². The van der Waals surface area contributed by atoms with Gasteiger partial charge >= 0.3 is 6.09 Å². The van der Waals surface area contributed by atoms with E-state index in [2.05, 4.69) is 16.0 Å². The van der Waals surface area contributed by atoms with Crippen molar-refractivity contribution < 1.29 is 9.53 Å². The van der Waals surface area contributed by atoms with E-state index in [0.29, 0.717) is 6.04 Å². The number of hydrazine groups is 1. The van der Waals surface area contributed by atoms with Crippen LogP contribution in [-0.2, 0) is 4.74 Å². The van der Waals surface area contributed by atoms with Crippen LogP contribution in [0, 0.1) is 0 Å². The first-order valence-corrected chi connectivity index (χ1v) is 6.91. The Hall–Kier alpha value is -1.14. The van der Waals surface area contributed by atoms with E-state index >= 15 is 0 Å². The van der Waals surface area contributed by atoms with Crippen LogP contribution in [0.2, 0.25) is 0 Å². The Morgan fingerprint density at radius 2 is 1.95 bits per heavy atom. The summed E-state index contributed by atoms with van der Waals surface area (Å²) in [6.07, 6.45) is 6.59. The standard InChI is InChI=1S/C9H16N2O2.C4H10N2/c1-9(2,3)13-8(12)11-10-7-5-4-6-7;5-6-4-2-1-3-4/h4-6H2,1-3H3,(H,11,12);4,6H,1-3,5H2. The molecule has 0 aliphatic heterocycles. The fourth-order valence-corrected chi connectivity index (χ4v) is 1.45. The number of nitrogens with one attached hydrogen (secondary N) is 2. The molecule has 0 spiro atoms. The van der Waals surface area contributed by atoms with Crippen molar-refractivity contribution in [1.82, 2.24) is 10.9 Å². The summed E-state index contributed by atoms with van der Waals surface area (Å²) in [4.78, 5) is 11.1. The van der Waals surface area contributed by atoms with Crippen LogP contribution in [0.5, 0.6) is 0 Å². The van der Waals surface area contributed by atoms with Crippen LogP contribution in [0.25, 0.3) is 0 Å². The number of hydrazone groups is 1. The van der Waals surface area contributed by atoms with Gasteiger partial charge in [0.05, 0.1) is 0 Å². The smallest absolute Gasteiger partial charge is 0.428 e. The van der Waals surface area contributed by atoms with Gasteiger partial charge in [-0.3, -0.25) is 11.3 Å². The molecule has 0 saturated heterocycles. The summed E-state index contributed by atoms with van der Waals surface area (Å²) < 4.78 is 5.00. The molecule has 6 nitrogen and oxygen atoms in total. The molecule has 110 valence electrons. The lowest BCUT2D eigenvalue weighted by molar-refractivity contribution is 0.0528. The summed E-state index contributed by atoms with van der Waals surface area (Å²) in [6.45, 7) is 5.47. The fourth-order valence-electron chi connectivity index (χ4n) is 1.45. The van der Waals surface area contributed by atoms with Crippen LogP contribution in [-0.4, -0.2) is 23.4 Å². The first-order valence-electron chi connectivity index (χ1n) is 6.91. The number of hydrogen-bond acceptors (Lipinski definition) is 5. The number of amides is 1. The molecule has 0 atom stereocenters. The maximum atomic E-state index is 11.1. The highest BCUT2D eigenvalue weighted by Crippen LogP contribution is 2.16. The second kappa shape index (κ2) is 7.45. The van der Waals surface area contributed by atoms with Crippen molar-refractivity contribution in [2.45, 2.75) is 70.9 Å². The molecular weight excluding hydrogens is 244 g/mol. The van der Waals surface area contributed by atoms with Crippen LogP contribution in [0.15, 0.2) is 5.10 Å². The normalized spacial score (nSPS) is 18.4. The van der Waals surface area contributed by atoms with E-state index in [-0.39, 0.29) is 0 Å². The predicted molar refractivity (Wildman–Crippen MR) is 75.6 cm³/mol. The van der Waals surface area contributed by atoms with E-state index in [9.17, 15) is 4.79 Å². The van der Waals surface area contributed by atoms with Gasteiger partial charge in [-0.2, -0.15) is 5.10 Å². The highest BCUT2D eigenvalue weighted by atomic mass is 16.6. The average molecular weight is 270 g/mol. The number of nitrogens with two attached hydrogens (primary N) is 1. The summed E-state index contributed by atoms with van der Waals surface area (Å²) in [5.74, 6) is 5.08. The van der Waals surface area contributed by atoms with Gasteiger partial charge in [-0.15, -0.1) is 0 Å². The van der Waals surface area contributed by atoms with Gasteiger partial charge in [-0.05, 0) is 52.9 Å².